The first-order chi connectivity index (χ1) is 9.53. The highest BCUT2D eigenvalue weighted by atomic mass is 19.4. The Bertz CT molecular complexity index is 508. The summed E-state index contributed by atoms with van der Waals surface area (Å²) in [6.45, 7) is 4.87. The molecule has 0 spiro atoms. The fraction of sp³-hybridized carbons (Fsp3) is 0.500. The smallest absolute Gasteiger partial charge is 0.366 e. The van der Waals surface area contributed by atoms with Gasteiger partial charge in [-0.25, -0.2) is 0 Å². The van der Waals surface area contributed by atoms with Crippen molar-refractivity contribution in [2.45, 2.75) is 39.1 Å². The Morgan fingerprint density at radius 2 is 1.90 bits per heavy atom. The number of hydrogen-bond donors (Lipinski definition) is 2. The van der Waals surface area contributed by atoms with Crippen molar-refractivity contribution >= 4 is 11.6 Å². The van der Waals surface area contributed by atoms with E-state index in [4.69, 9.17) is 10.5 Å². The molecule has 3 N–H and O–H groups in total. The van der Waals surface area contributed by atoms with Crippen LogP contribution in [0.5, 0.6) is 0 Å². The van der Waals surface area contributed by atoms with Gasteiger partial charge in [-0.3, -0.25) is 4.79 Å². The first-order valence-corrected chi connectivity index (χ1v) is 6.37. The topological polar surface area (TPSA) is 64.3 Å². The molecule has 1 rings (SSSR count). The number of amides is 1. The standard InChI is InChI=1S/C14H19F3N2O2/c1-13(2,3)21-8-12(20)19-10-5-4-9(7-18)11(6-10)14(15,16)17/h4-6H,7-8,18H2,1-3H3,(H,19,20). The summed E-state index contributed by atoms with van der Waals surface area (Å²) >= 11 is 0. The highest BCUT2D eigenvalue weighted by Crippen LogP contribution is 2.33. The maximum atomic E-state index is 12.9. The lowest BCUT2D eigenvalue weighted by molar-refractivity contribution is -0.138. The summed E-state index contributed by atoms with van der Waals surface area (Å²) < 4.78 is 43.8. The third-order valence-corrected chi connectivity index (χ3v) is 2.56. The number of ether oxygens (including phenoxy) is 1. The van der Waals surface area contributed by atoms with Gasteiger partial charge in [0.2, 0.25) is 5.91 Å². The molecule has 4 nitrogen and oxygen atoms in total. The molecule has 0 aliphatic rings. The second kappa shape index (κ2) is 6.44. The van der Waals surface area contributed by atoms with Crippen molar-refractivity contribution in [3.8, 4) is 0 Å². The van der Waals surface area contributed by atoms with Crippen molar-refractivity contribution in [1.29, 1.82) is 0 Å². The molecular formula is C14H19F3N2O2. The Kier molecular flexibility index (Phi) is 5.36. The van der Waals surface area contributed by atoms with E-state index in [1.165, 1.54) is 12.1 Å². The SMILES string of the molecule is CC(C)(C)OCC(=O)Nc1ccc(CN)c(C(F)(F)F)c1. The summed E-state index contributed by atoms with van der Waals surface area (Å²) in [6.07, 6.45) is -4.52. The predicted octanol–water partition coefficient (Wildman–Crippen LogP) is 2.92. The molecule has 0 radical (unpaired) electrons. The quantitative estimate of drug-likeness (QED) is 0.899. The van der Waals surface area contributed by atoms with E-state index in [-0.39, 0.29) is 24.4 Å². The van der Waals surface area contributed by atoms with Crippen LogP contribution in [0.2, 0.25) is 0 Å². The van der Waals surface area contributed by atoms with Crippen LogP contribution < -0.4 is 11.1 Å². The van der Waals surface area contributed by atoms with Crippen molar-refractivity contribution in [3.05, 3.63) is 29.3 Å². The Hall–Kier alpha value is -1.60. The van der Waals surface area contributed by atoms with Crippen LogP contribution in [0.15, 0.2) is 18.2 Å². The van der Waals surface area contributed by atoms with Gasteiger partial charge in [-0.05, 0) is 38.5 Å². The summed E-state index contributed by atoms with van der Waals surface area (Å²) in [4.78, 5) is 11.6. The van der Waals surface area contributed by atoms with E-state index in [9.17, 15) is 18.0 Å². The molecule has 0 aromatic heterocycles. The van der Waals surface area contributed by atoms with Crippen molar-refractivity contribution in [2.75, 3.05) is 11.9 Å². The Labute approximate surface area is 121 Å². The maximum Gasteiger partial charge on any atom is 0.416 e. The molecule has 1 amide bonds. The normalized spacial score (nSPS) is 12.3. The molecular weight excluding hydrogens is 285 g/mol. The number of carbonyl (C=O) groups excluding carboxylic acids is 1. The molecule has 1 aromatic carbocycles. The second-order valence-electron chi connectivity index (χ2n) is 5.52. The number of halogens is 3. The van der Waals surface area contributed by atoms with Crippen molar-refractivity contribution in [3.63, 3.8) is 0 Å². The largest absolute Gasteiger partial charge is 0.416 e. The molecule has 0 fully saturated rings. The van der Waals surface area contributed by atoms with Crippen molar-refractivity contribution in [2.24, 2.45) is 5.73 Å². The highest BCUT2D eigenvalue weighted by molar-refractivity contribution is 5.91. The lowest BCUT2D eigenvalue weighted by atomic mass is 10.1. The zero-order valence-corrected chi connectivity index (χ0v) is 12.2. The van der Waals surface area contributed by atoms with Crippen LogP contribution in [0.25, 0.3) is 0 Å². The minimum atomic E-state index is -4.52. The molecule has 1 aromatic rings. The van der Waals surface area contributed by atoms with Crippen LogP contribution in [0.4, 0.5) is 18.9 Å². The molecule has 0 aliphatic heterocycles. The number of anilines is 1. The Balaban J connectivity index is 2.83. The average Bonchev–Trinajstić information content (AvgIpc) is 2.34. The van der Waals surface area contributed by atoms with Crippen LogP contribution in [0.1, 0.15) is 31.9 Å². The molecule has 21 heavy (non-hydrogen) atoms. The van der Waals surface area contributed by atoms with E-state index in [0.29, 0.717) is 0 Å². The number of nitrogens with two attached hydrogens (primary N) is 1. The molecule has 0 saturated heterocycles. The van der Waals surface area contributed by atoms with Gasteiger partial charge in [0.25, 0.3) is 0 Å². The first-order valence-electron chi connectivity index (χ1n) is 6.37. The predicted molar refractivity (Wildman–Crippen MR) is 73.7 cm³/mol. The summed E-state index contributed by atoms with van der Waals surface area (Å²) in [5, 5.41) is 2.37. The molecule has 118 valence electrons. The van der Waals surface area contributed by atoms with E-state index in [1.54, 1.807) is 20.8 Å². The average molecular weight is 304 g/mol. The van der Waals surface area contributed by atoms with E-state index in [1.807, 2.05) is 0 Å². The van der Waals surface area contributed by atoms with Gasteiger partial charge < -0.3 is 15.8 Å². The van der Waals surface area contributed by atoms with Gasteiger partial charge in [-0.2, -0.15) is 13.2 Å². The zero-order chi connectivity index (χ0) is 16.3. The molecule has 0 saturated carbocycles. The van der Waals surface area contributed by atoms with Gasteiger partial charge >= 0.3 is 6.18 Å². The van der Waals surface area contributed by atoms with Gasteiger partial charge in [0.05, 0.1) is 11.2 Å². The highest BCUT2D eigenvalue weighted by Gasteiger charge is 2.33. The molecule has 7 heteroatoms. The molecule has 0 heterocycles. The van der Waals surface area contributed by atoms with Gasteiger partial charge in [-0.15, -0.1) is 0 Å². The van der Waals surface area contributed by atoms with E-state index >= 15 is 0 Å². The third-order valence-electron chi connectivity index (χ3n) is 2.56. The van der Waals surface area contributed by atoms with E-state index in [2.05, 4.69) is 5.32 Å². The van der Waals surface area contributed by atoms with Gasteiger partial charge in [-0.1, -0.05) is 6.07 Å². The number of hydrogen-bond acceptors (Lipinski definition) is 3. The molecule has 0 atom stereocenters. The van der Waals surface area contributed by atoms with Gasteiger partial charge in [0, 0.05) is 12.2 Å². The van der Waals surface area contributed by atoms with Crippen LogP contribution >= 0.6 is 0 Å². The molecule has 0 unspecified atom stereocenters. The fourth-order valence-electron chi connectivity index (χ4n) is 1.58. The van der Waals surface area contributed by atoms with Crippen molar-refractivity contribution in [1.82, 2.24) is 0 Å². The zero-order valence-electron chi connectivity index (χ0n) is 12.2. The lowest BCUT2D eigenvalue weighted by Gasteiger charge is -2.19. The van der Waals surface area contributed by atoms with E-state index in [0.717, 1.165) is 6.07 Å². The third kappa shape index (κ3) is 5.73. The lowest BCUT2D eigenvalue weighted by Crippen LogP contribution is -2.27. The summed E-state index contributed by atoms with van der Waals surface area (Å²) in [7, 11) is 0. The van der Waals surface area contributed by atoms with Crippen molar-refractivity contribution < 1.29 is 22.7 Å². The summed E-state index contributed by atoms with van der Waals surface area (Å²) in [5.74, 6) is -0.515. The van der Waals surface area contributed by atoms with Gasteiger partial charge in [0.15, 0.2) is 0 Å². The first kappa shape index (κ1) is 17.5. The second-order valence-corrected chi connectivity index (χ2v) is 5.52. The van der Waals surface area contributed by atoms with Gasteiger partial charge in [0.1, 0.15) is 6.61 Å². The minimum Gasteiger partial charge on any atom is -0.366 e. The van der Waals surface area contributed by atoms with Crippen LogP contribution in [0.3, 0.4) is 0 Å². The number of carbonyl (C=O) groups is 1. The Morgan fingerprint density at radius 1 is 1.29 bits per heavy atom. The summed E-state index contributed by atoms with van der Waals surface area (Å²) in [6, 6.07) is 3.51. The Morgan fingerprint density at radius 3 is 2.38 bits per heavy atom. The number of alkyl halides is 3. The number of nitrogens with one attached hydrogen (secondary N) is 1. The van der Waals surface area contributed by atoms with Crippen LogP contribution in [-0.2, 0) is 22.3 Å². The molecule has 0 bridgehead atoms. The van der Waals surface area contributed by atoms with Crippen LogP contribution in [0, 0.1) is 0 Å². The molecule has 0 aliphatic carbocycles. The maximum absolute atomic E-state index is 12.9. The summed E-state index contributed by atoms with van der Waals surface area (Å²) in [5.41, 5.74) is 3.97. The fourth-order valence-corrected chi connectivity index (χ4v) is 1.58. The minimum absolute atomic E-state index is 0.0218. The monoisotopic (exact) mass is 304 g/mol. The number of benzene rings is 1. The van der Waals surface area contributed by atoms with E-state index < -0.39 is 23.2 Å². The number of rotatable bonds is 4. The van der Waals surface area contributed by atoms with Crippen LogP contribution in [-0.4, -0.2) is 18.1 Å².